The summed E-state index contributed by atoms with van der Waals surface area (Å²) in [6.07, 6.45) is 3.70. The molecule has 6 heteroatoms. The number of halogens is 1. The van der Waals surface area contributed by atoms with Gasteiger partial charge in [-0.2, -0.15) is 10.4 Å². The molecule has 2 aromatic rings. The number of aromatic nitrogens is 2. The number of rotatable bonds is 4. The second-order valence-corrected chi connectivity index (χ2v) is 5.37. The van der Waals surface area contributed by atoms with Gasteiger partial charge in [-0.3, -0.25) is 9.58 Å². The van der Waals surface area contributed by atoms with Crippen molar-refractivity contribution in [3.8, 4) is 6.07 Å². The van der Waals surface area contributed by atoms with E-state index in [4.69, 9.17) is 10.00 Å². The number of ether oxygens (including phenoxy) is 1. The average Bonchev–Trinajstić information content (AvgIpc) is 3.02. The first-order valence-corrected chi connectivity index (χ1v) is 7.24. The third-order valence-electron chi connectivity index (χ3n) is 3.75. The van der Waals surface area contributed by atoms with Gasteiger partial charge in [-0.05, 0) is 18.2 Å². The van der Waals surface area contributed by atoms with Crippen LogP contribution in [0.15, 0.2) is 36.7 Å². The Morgan fingerprint density at radius 3 is 3.09 bits per heavy atom. The van der Waals surface area contributed by atoms with E-state index in [-0.39, 0.29) is 11.9 Å². The van der Waals surface area contributed by atoms with Crippen LogP contribution in [0, 0.1) is 17.1 Å². The zero-order chi connectivity index (χ0) is 15.4. The van der Waals surface area contributed by atoms with E-state index >= 15 is 0 Å². The molecule has 0 aliphatic carbocycles. The Morgan fingerprint density at radius 1 is 1.45 bits per heavy atom. The Hall–Kier alpha value is -2.23. The molecule has 1 aromatic carbocycles. The molecule has 1 aromatic heterocycles. The van der Waals surface area contributed by atoms with Crippen LogP contribution in [0.3, 0.4) is 0 Å². The third-order valence-corrected chi connectivity index (χ3v) is 3.75. The summed E-state index contributed by atoms with van der Waals surface area (Å²) >= 11 is 0. The lowest BCUT2D eigenvalue weighted by molar-refractivity contribution is -0.0404. The van der Waals surface area contributed by atoms with Crippen molar-refractivity contribution in [2.45, 2.75) is 19.2 Å². The van der Waals surface area contributed by atoms with Gasteiger partial charge < -0.3 is 4.74 Å². The van der Waals surface area contributed by atoms with Gasteiger partial charge >= 0.3 is 0 Å². The summed E-state index contributed by atoms with van der Waals surface area (Å²) in [6, 6.07) is 8.46. The fourth-order valence-corrected chi connectivity index (χ4v) is 2.64. The van der Waals surface area contributed by atoms with Gasteiger partial charge in [0.1, 0.15) is 5.82 Å². The van der Waals surface area contributed by atoms with Crippen molar-refractivity contribution in [2.75, 3.05) is 19.7 Å². The zero-order valence-electron chi connectivity index (χ0n) is 12.2. The molecule has 1 saturated heterocycles. The Morgan fingerprint density at radius 2 is 2.36 bits per heavy atom. The van der Waals surface area contributed by atoms with Crippen molar-refractivity contribution < 1.29 is 9.13 Å². The molecule has 5 nitrogen and oxygen atoms in total. The molecule has 0 N–H and O–H groups in total. The number of hydrogen-bond donors (Lipinski definition) is 0. The van der Waals surface area contributed by atoms with Crippen molar-refractivity contribution in [3.05, 3.63) is 53.6 Å². The summed E-state index contributed by atoms with van der Waals surface area (Å²) in [6.45, 7) is 3.36. The van der Waals surface area contributed by atoms with E-state index in [0.717, 1.165) is 13.1 Å². The van der Waals surface area contributed by atoms with Crippen LogP contribution in [0.5, 0.6) is 0 Å². The van der Waals surface area contributed by atoms with Gasteiger partial charge in [-0.1, -0.05) is 6.07 Å². The summed E-state index contributed by atoms with van der Waals surface area (Å²) in [4.78, 5) is 2.17. The first-order chi connectivity index (χ1) is 10.7. The second kappa shape index (κ2) is 6.69. The zero-order valence-corrected chi connectivity index (χ0v) is 12.2. The van der Waals surface area contributed by atoms with Gasteiger partial charge in [0, 0.05) is 37.6 Å². The van der Waals surface area contributed by atoms with E-state index in [1.54, 1.807) is 18.3 Å². The van der Waals surface area contributed by atoms with Crippen molar-refractivity contribution >= 4 is 0 Å². The molecule has 0 amide bonds. The van der Waals surface area contributed by atoms with Gasteiger partial charge in [0.25, 0.3) is 0 Å². The third kappa shape index (κ3) is 3.50. The maximum Gasteiger partial charge on any atom is 0.129 e. The summed E-state index contributed by atoms with van der Waals surface area (Å²) < 4.78 is 21.6. The average molecular weight is 300 g/mol. The van der Waals surface area contributed by atoms with E-state index in [2.05, 4.69) is 10.00 Å². The summed E-state index contributed by atoms with van der Waals surface area (Å²) in [5, 5.41) is 13.0. The topological polar surface area (TPSA) is 54.1 Å². The monoisotopic (exact) mass is 300 g/mol. The first kappa shape index (κ1) is 14.7. The Bertz CT molecular complexity index is 665. The molecule has 1 unspecified atom stereocenters. The minimum Gasteiger partial charge on any atom is -0.374 e. The van der Waals surface area contributed by atoms with Crippen LogP contribution >= 0.6 is 0 Å². The lowest BCUT2D eigenvalue weighted by atomic mass is 10.1. The molecular weight excluding hydrogens is 283 g/mol. The second-order valence-electron chi connectivity index (χ2n) is 5.37. The Balaban J connectivity index is 1.61. The van der Waals surface area contributed by atoms with Crippen LogP contribution < -0.4 is 0 Å². The summed E-state index contributed by atoms with van der Waals surface area (Å²) in [5.74, 6) is -0.325. The van der Waals surface area contributed by atoms with Crippen molar-refractivity contribution in [3.63, 3.8) is 0 Å². The number of benzene rings is 1. The molecule has 1 fully saturated rings. The van der Waals surface area contributed by atoms with Gasteiger partial charge in [-0.25, -0.2) is 4.39 Å². The van der Waals surface area contributed by atoms with Crippen molar-refractivity contribution in [1.82, 2.24) is 14.7 Å². The lowest BCUT2D eigenvalue weighted by Crippen LogP contribution is -2.43. The molecule has 1 aliphatic heterocycles. The highest BCUT2D eigenvalue weighted by molar-refractivity contribution is 5.32. The number of nitrogens with zero attached hydrogens (tertiary/aromatic N) is 4. The molecular formula is C16H17FN4O. The van der Waals surface area contributed by atoms with E-state index in [1.807, 2.05) is 23.0 Å². The molecule has 0 saturated carbocycles. The van der Waals surface area contributed by atoms with E-state index in [0.29, 0.717) is 30.8 Å². The van der Waals surface area contributed by atoms with Gasteiger partial charge in [0.05, 0.1) is 30.9 Å². The van der Waals surface area contributed by atoms with Crippen molar-refractivity contribution in [1.29, 1.82) is 5.26 Å². The largest absolute Gasteiger partial charge is 0.374 e. The van der Waals surface area contributed by atoms with Crippen LogP contribution in [0.1, 0.15) is 11.1 Å². The summed E-state index contributed by atoms with van der Waals surface area (Å²) in [5.41, 5.74) is 0.957. The van der Waals surface area contributed by atoms with Crippen LogP contribution in [-0.2, 0) is 17.8 Å². The van der Waals surface area contributed by atoms with Gasteiger partial charge in [0.2, 0.25) is 0 Å². The highest BCUT2D eigenvalue weighted by atomic mass is 19.1. The molecule has 22 heavy (non-hydrogen) atoms. The predicted octanol–water partition coefficient (Wildman–Crippen LogP) is 1.79. The number of morpholine rings is 1. The quantitative estimate of drug-likeness (QED) is 0.864. The smallest absolute Gasteiger partial charge is 0.129 e. The molecule has 3 rings (SSSR count). The number of hydrogen-bond acceptors (Lipinski definition) is 4. The van der Waals surface area contributed by atoms with Crippen molar-refractivity contribution in [2.24, 2.45) is 0 Å². The molecule has 1 atom stereocenters. The molecule has 0 spiro atoms. The van der Waals surface area contributed by atoms with Crippen LogP contribution in [0.25, 0.3) is 0 Å². The minimum absolute atomic E-state index is 0.0510. The van der Waals surface area contributed by atoms with E-state index in [1.165, 1.54) is 6.07 Å². The van der Waals surface area contributed by atoms with Crippen LogP contribution in [0.4, 0.5) is 4.39 Å². The number of nitriles is 1. The fourth-order valence-electron chi connectivity index (χ4n) is 2.64. The van der Waals surface area contributed by atoms with Crippen LogP contribution in [0.2, 0.25) is 0 Å². The fraction of sp³-hybridized carbons (Fsp3) is 0.375. The molecule has 2 heterocycles. The SMILES string of the molecule is N#Cc1ccc(CN2CCOC(Cn3cccn3)C2)c(F)c1. The highest BCUT2D eigenvalue weighted by Crippen LogP contribution is 2.15. The van der Waals surface area contributed by atoms with E-state index < -0.39 is 0 Å². The highest BCUT2D eigenvalue weighted by Gasteiger charge is 2.21. The molecule has 114 valence electrons. The normalized spacial score (nSPS) is 19.0. The minimum atomic E-state index is -0.325. The first-order valence-electron chi connectivity index (χ1n) is 7.24. The molecule has 0 bridgehead atoms. The standard InChI is InChI=1S/C16H17FN4O/c17-16-8-13(9-18)2-3-14(16)10-20-6-7-22-15(11-20)12-21-5-1-4-19-21/h1-5,8,15H,6-7,10-12H2. The lowest BCUT2D eigenvalue weighted by Gasteiger charge is -2.33. The Labute approximate surface area is 128 Å². The molecule has 1 aliphatic rings. The van der Waals surface area contributed by atoms with Gasteiger partial charge in [0.15, 0.2) is 0 Å². The van der Waals surface area contributed by atoms with Gasteiger partial charge in [-0.15, -0.1) is 0 Å². The summed E-state index contributed by atoms with van der Waals surface area (Å²) in [7, 11) is 0. The van der Waals surface area contributed by atoms with E-state index in [9.17, 15) is 4.39 Å². The Kier molecular flexibility index (Phi) is 4.47. The maximum absolute atomic E-state index is 14.0. The van der Waals surface area contributed by atoms with Crippen LogP contribution in [-0.4, -0.2) is 40.5 Å². The predicted molar refractivity (Wildman–Crippen MR) is 78.4 cm³/mol. The maximum atomic E-state index is 14.0. The molecule has 0 radical (unpaired) electrons.